The summed E-state index contributed by atoms with van der Waals surface area (Å²) in [5, 5.41) is 20.3. The van der Waals surface area contributed by atoms with Gasteiger partial charge in [-0.15, -0.1) is 0 Å². The first-order valence-corrected chi connectivity index (χ1v) is 8.36. The van der Waals surface area contributed by atoms with E-state index in [4.69, 9.17) is 0 Å². The van der Waals surface area contributed by atoms with Crippen LogP contribution in [-0.2, 0) is 16.1 Å². The Kier molecular flexibility index (Phi) is 4.75. The van der Waals surface area contributed by atoms with Crippen molar-refractivity contribution < 1.29 is 19.8 Å². The second kappa shape index (κ2) is 7.00. The van der Waals surface area contributed by atoms with Gasteiger partial charge < -0.3 is 15.1 Å². The zero-order valence-corrected chi connectivity index (χ0v) is 14.6. The van der Waals surface area contributed by atoms with Crippen LogP contribution in [0.1, 0.15) is 31.0 Å². The molecule has 1 aliphatic rings. The highest BCUT2D eigenvalue weighted by Gasteiger charge is 2.43. The van der Waals surface area contributed by atoms with Crippen molar-refractivity contribution in [3.8, 4) is 5.75 Å². The average molecular weight is 352 g/mol. The predicted octanol–water partition coefficient (Wildman–Crippen LogP) is 2.91. The molecule has 3 rings (SSSR count). The molecule has 1 atom stereocenters. The molecule has 2 aromatic rings. The van der Waals surface area contributed by atoms with Gasteiger partial charge in [-0.2, -0.15) is 0 Å². The van der Waals surface area contributed by atoms with Gasteiger partial charge in [0.25, 0.3) is 5.91 Å². The van der Waals surface area contributed by atoms with Crippen molar-refractivity contribution in [1.29, 1.82) is 0 Å². The molecule has 1 amide bonds. The molecule has 134 valence electrons. The number of amides is 1. The molecule has 1 aromatic carbocycles. The quantitative estimate of drug-likeness (QED) is 0.863. The van der Waals surface area contributed by atoms with Crippen LogP contribution in [0.3, 0.4) is 0 Å². The number of phenolic OH excluding ortho intramolecular Hbond substituents is 1. The third-order valence-electron chi connectivity index (χ3n) is 4.36. The summed E-state index contributed by atoms with van der Waals surface area (Å²) in [6.07, 6.45) is 3.26. The number of rotatable bonds is 5. The van der Waals surface area contributed by atoms with Gasteiger partial charge in [0.15, 0.2) is 11.5 Å². The summed E-state index contributed by atoms with van der Waals surface area (Å²) in [5.74, 6) is -1.78. The molecule has 2 N–H and O–H groups in total. The monoisotopic (exact) mass is 352 g/mol. The average Bonchev–Trinajstić information content (AvgIpc) is 2.87. The topological polar surface area (TPSA) is 90.7 Å². The number of pyridine rings is 1. The molecule has 0 saturated carbocycles. The number of phenols is 1. The molecule has 0 bridgehead atoms. The minimum atomic E-state index is -0.760. The first-order chi connectivity index (χ1) is 12.4. The molecule has 0 fully saturated rings. The molecule has 0 saturated heterocycles. The van der Waals surface area contributed by atoms with Crippen LogP contribution >= 0.6 is 0 Å². The van der Waals surface area contributed by atoms with E-state index in [1.165, 1.54) is 17.0 Å². The normalized spacial score (nSPS) is 17.3. The number of aromatic hydroxyl groups is 1. The van der Waals surface area contributed by atoms with Gasteiger partial charge in [0.1, 0.15) is 5.75 Å². The summed E-state index contributed by atoms with van der Waals surface area (Å²) < 4.78 is 0. The minimum Gasteiger partial charge on any atom is -0.508 e. The van der Waals surface area contributed by atoms with Crippen LogP contribution in [0.2, 0.25) is 0 Å². The summed E-state index contributed by atoms with van der Waals surface area (Å²) in [6.45, 7) is 3.62. The first kappa shape index (κ1) is 17.7. The molecule has 0 spiro atoms. The highest BCUT2D eigenvalue weighted by Crippen LogP contribution is 2.40. The maximum Gasteiger partial charge on any atom is 0.290 e. The van der Waals surface area contributed by atoms with E-state index in [9.17, 15) is 19.8 Å². The Morgan fingerprint density at radius 3 is 2.62 bits per heavy atom. The molecular formula is C20H20N2O4. The van der Waals surface area contributed by atoms with Crippen LogP contribution in [0.15, 0.2) is 60.1 Å². The minimum absolute atomic E-state index is 0.0269. The molecule has 1 aliphatic heterocycles. The number of carbonyl (C=O) groups excluding carboxylic acids is 2. The van der Waals surface area contributed by atoms with Gasteiger partial charge in [-0.25, -0.2) is 0 Å². The van der Waals surface area contributed by atoms with Crippen molar-refractivity contribution in [2.45, 2.75) is 26.4 Å². The number of carbonyl (C=O) groups is 2. The zero-order valence-electron chi connectivity index (χ0n) is 14.6. The van der Waals surface area contributed by atoms with Crippen LogP contribution in [-0.4, -0.2) is 31.8 Å². The molecule has 1 unspecified atom stereocenters. The summed E-state index contributed by atoms with van der Waals surface area (Å²) in [6, 6.07) is 9.19. The van der Waals surface area contributed by atoms with Gasteiger partial charge in [0, 0.05) is 24.9 Å². The lowest BCUT2D eigenvalue weighted by Crippen LogP contribution is -2.31. The van der Waals surface area contributed by atoms with Crippen molar-refractivity contribution >= 4 is 11.7 Å². The number of hydrogen-bond donors (Lipinski definition) is 2. The van der Waals surface area contributed by atoms with Crippen LogP contribution in [0.5, 0.6) is 5.75 Å². The summed E-state index contributed by atoms with van der Waals surface area (Å²) in [5.41, 5.74) is 1.41. The standard InChI is InChI=1S/C20H20N2O4/c1-12(2)18(24)16-17(14-6-3-7-15(23)9-14)22(20(26)19(16)25)11-13-5-4-8-21-10-13/h3-10,12,17,23,25H,11H2,1-2H3. The predicted molar refractivity (Wildman–Crippen MR) is 95.1 cm³/mol. The van der Waals surface area contributed by atoms with E-state index in [1.54, 1.807) is 44.4 Å². The third-order valence-corrected chi connectivity index (χ3v) is 4.36. The Bertz CT molecular complexity index is 874. The number of aliphatic hydroxyl groups excluding tert-OH is 1. The molecule has 26 heavy (non-hydrogen) atoms. The van der Waals surface area contributed by atoms with E-state index >= 15 is 0 Å². The zero-order chi connectivity index (χ0) is 18.8. The number of Topliss-reactive ketones (excluding diaryl/α,β-unsaturated/α-hetero) is 1. The largest absolute Gasteiger partial charge is 0.508 e. The van der Waals surface area contributed by atoms with Crippen LogP contribution < -0.4 is 0 Å². The van der Waals surface area contributed by atoms with Gasteiger partial charge in [0.05, 0.1) is 11.6 Å². The first-order valence-electron chi connectivity index (χ1n) is 8.36. The Morgan fingerprint density at radius 2 is 2.00 bits per heavy atom. The summed E-state index contributed by atoms with van der Waals surface area (Å²) >= 11 is 0. The van der Waals surface area contributed by atoms with Crippen molar-refractivity contribution in [2.75, 3.05) is 0 Å². The van der Waals surface area contributed by atoms with Crippen LogP contribution in [0.4, 0.5) is 0 Å². The Labute approximate surface area is 151 Å². The highest BCUT2D eigenvalue weighted by molar-refractivity contribution is 6.09. The van der Waals surface area contributed by atoms with E-state index in [2.05, 4.69) is 4.98 Å². The van der Waals surface area contributed by atoms with Crippen LogP contribution in [0.25, 0.3) is 0 Å². The lowest BCUT2D eigenvalue weighted by Gasteiger charge is -2.27. The number of hydrogen-bond acceptors (Lipinski definition) is 5. The Balaban J connectivity index is 2.09. The highest BCUT2D eigenvalue weighted by atomic mass is 16.3. The SMILES string of the molecule is CC(C)C(=O)C1=C(O)C(=O)N(Cc2cccnc2)C1c1cccc(O)c1. The van der Waals surface area contributed by atoms with Gasteiger partial charge >= 0.3 is 0 Å². The van der Waals surface area contributed by atoms with E-state index < -0.39 is 17.7 Å². The number of ketones is 1. The Hall–Kier alpha value is -3.15. The molecule has 6 heteroatoms. The maximum atomic E-state index is 12.7. The molecule has 0 radical (unpaired) electrons. The molecule has 1 aromatic heterocycles. The molecule has 2 heterocycles. The summed E-state index contributed by atoms with van der Waals surface area (Å²) in [7, 11) is 0. The fourth-order valence-corrected chi connectivity index (χ4v) is 3.11. The lowest BCUT2D eigenvalue weighted by molar-refractivity contribution is -0.130. The molecule has 0 aliphatic carbocycles. The smallest absolute Gasteiger partial charge is 0.290 e. The third kappa shape index (κ3) is 3.18. The van der Waals surface area contributed by atoms with E-state index in [0.29, 0.717) is 5.56 Å². The molecular weight excluding hydrogens is 332 g/mol. The van der Waals surface area contributed by atoms with E-state index in [1.807, 2.05) is 6.07 Å². The lowest BCUT2D eigenvalue weighted by atomic mass is 9.91. The van der Waals surface area contributed by atoms with Crippen molar-refractivity contribution in [3.63, 3.8) is 0 Å². The Morgan fingerprint density at radius 1 is 1.23 bits per heavy atom. The fourth-order valence-electron chi connectivity index (χ4n) is 3.11. The number of benzene rings is 1. The van der Waals surface area contributed by atoms with Crippen molar-refractivity contribution in [1.82, 2.24) is 9.88 Å². The number of aromatic nitrogens is 1. The maximum absolute atomic E-state index is 12.7. The van der Waals surface area contributed by atoms with Crippen molar-refractivity contribution in [2.24, 2.45) is 5.92 Å². The summed E-state index contributed by atoms with van der Waals surface area (Å²) in [4.78, 5) is 30.9. The number of aliphatic hydroxyl groups is 1. The fraction of sp³-hybridized carbons (Fsp3) is 0.250. The van der Waals surface area contributed by atoms with Crippen LogP contribution in [0, 0.1) is 5.92 Å². The second-order valence-corrected chi connectivity index (χ2v) is 6.57. The van der Waals surface area contributed by atoms with E-state index in [0.717, 1.165) is 5.56 Å². The van der Waals surface area contributed by atoms with Gasteiger partial charge in [-0.1, -0.05) is 32.0 Å². The number of nitrogens with zero attached hydrogens (tertiary/aromatic N) is 2. The van der Waals surface area contributed by atoms with Crippen molar-refractivity contribution in [3.05, 3.63) is 71.3 Å². The van der Waals surface area contributed by atoms with Gasteiger partial charge in [0.2, 0.25) is 0 Å². The molecule has 6 nitrogen and oxygen atoms in total. The van der Waals surface area contributed by atoms with E-state index in [-0.39, 0.29) is 29.6 Å². The van der Waals surface area contributed by atoms with Gasteiger partial charge in [-0.3, -0.25) is 14.6 Å². The van der Waals surface area contributed by atoms with Gasteiger partial charge in [-0.05, 0) is 29.3 Å². The second-order valence-electron chi connectivity index (χ2n) is 6.57.